The van der Waals surface area contributed by atoms with Gasteiger partial charge in [0.1, 0.15) is 5.75 Å². The Morgan fingerprint density at radius 2 is 2.13 bits per heavy atom. The average molecular weight is 431 g/mol. The van der Waals surface area contributed by atoms with Crippen LogP contribution in [0.5, 0.6) is 5.75 Å². The first-order valence-corrected chi connectivity index (χ1v) is 11.0. The molecule has 2 aromatic carbocycles. The molecule has 6 nitrogen and oxygen atoms in total. The van der Waals surface area contributed by atoms with E-state index in [1.807, 2.05) is 29.8 Å². The lowest BCUT2D eigenvalue weighted by Gasteiger charge is -2.18. The number of aryl methyl sites for hydroxylation is 1. The molecule has 156 valence electrons. The summed E-state index contributed by atoms with van der Waals surface area (Å²) in [5, 5.41) is 9.98. The van der Waals surface area contributed by atoms with Crippen molar-refractivity contribution in [2.45, 2.75) is 19.8 Å². The molecule has 1 N–H and O–H groups in total. The number of hydrogen-bond donors (Lipinski definition) is 1. The maximum atomic E-state index is 11.8. The molecule has 0 saturated heterocycles. The topological polar surface area (TPSA) is 68.0 Å². The smallest absolute Gasteiger partial charge is 0.262 e. The van der Waals surface area contributed by atoms with E-state index in [-0.39, 0.29) is 12.5 Å². The number of hydrogen-bond acceptors (Lipinski definition) is 5. The quantitative estimate of drug-likeness (QED) is 0.630. The fourth-order valence-corrected chi connectivity index (χ4v) is 4.61. The molecule has 3 aromatic rings. The van der Waals surface area contributed by atoms with Crippen LogP contribution in [0.25, 0.3) is 11.3 Å². The fourth-order valence-electron chi connectivity index (χ4n) is 3.78. The maximum absolute atomic E-state index is 11.8. The number of anilines is 1. The first-order valence-electron chi connectivity index (χ1n) is 10.2. The van der Waals surface area contributed by atoms with Crippen LogP contribution >= 0.6 is 11.3 Å². The summed E-state index contributed by atoms with van der Waals surface area (Å²) in [6.07, 6.45) is 1.89. The van der Waals surface area contributed by atoms with Crippen LogP contribution in [0.15, 0.2) is 70.1 Å². The molecule has 1 amide bonds. The summed E-state index contributed by atoms with van der Waals surface area (Å²) in [6, 6.07) is 14.2. The molecular formula is C24H22N4O2S. The van der Waals surface area contributed by atoms with Crippen molar-refractivity contribution in [3.8, 4) is 17.0 Å². The molecule has 0 unspecified atom stereocenters. The molecule has 0 fully saturated rings. The van der Waals surface area contributed by atoms with E-state index in [1.165, 1.54) is 11.1 Å². The van der Waals surface area contributed by atoms with E-state index in [9.17, 15) is 4.79 Å². The summed E-state index contributed by atoms with van der Waals surface area (Å²) in [4.78, 5) is 17.3. The zero-order valence-corrected chi connectivity index (χ0v) is 18.0. The van der Waals surface area contributed by atoms with Gasteiger partial charge in [-0.25, -0.2) is 4.68 Å². The van der Waals surface area contributed by atoms with E-state index >= 15 is 0 Å². The molecule has 5 rings (SSSR count). The molecule has 0 atom stereocenters. The first-order chi connectivity index (χ1) is 15.1. The standard InChI is InChI=1S/C24H22N4O2S/c1-15(2)12-25-24-28(27-19-9-7-16-5-3-4-6-18(16)19)21(14-31-24)17-8-10-22-20(11-17)26-23(29)13-30-22/h3-6,8,10-11,14H,1,7,9,12-13H2,2H3,(H,26,29). The Kier molecular flexibility index (Phi) is 5.03. The Morgan fingerprint density at radius 3 is 3.00 bits per heavy atom. The normalized spacial score (nSPS) is 16.6. The molecule has 0 saturated carbocycles. The molecule has 0 spiro atoms. The van der Waals surface area contributed by atoms with Gasteiger partial charge in [-0.15, -0.1) is 11.3 Å². The van der Waals surface area contributed by atoms with Crippen molar-refractivity contribution in [3.05, 3.63) is 75.9 Å². The second-order valence-corrected chi connectivity index (χ2v) is 8.58. The number of aromatic nitrogens is 1. The lowest BCUT2D eigenvalue weighted by molar-refractivity contribution is -0.118. The van der Waals surface area contributed by atoms with Gasteiger partial charge in [0.05, 0.1) is 23.6 Å². The highest BCUT2D eigenvalue weighted by Gasteiger charge is 2.20. The van der Waals surface area contributed by atoms with Gasteiger partial charge in [0.2, 0.25) is 4.80 Å². The third kappa shape index (κ3) is 3.84. The summed E-state index contributed by atoms with van der Waals surface area (Å²) < 4.78 is 7.42. The maximum Gasteiger partial charge on any atom is 0.262 e. The number of carbonyl (C=O) groups excluding carboxylic acids is 1. The van der Waals surface area contributed by atoms with Crippen LogP contribution in [0.2, 0.25) is 0 Å². The lowest BCUT2D eigenvalue weighted by Crippen LogP contribution is -2.25. The molecule has 2 aliphatic rings. The van der Waals surface area contributed by atoms with Crippen LogP contribution in [-0.4, -0.2) is 29.4 Å². The summed E-state index contributed by atoms with van der Waals surface area (Å²) in [7, 11) is 0. The summed E-state index contributed by atoms with van der Waals surface area (Å²) >= 11 is 1.55. The molecule has 0 radical (unpaired) electrons. The number of thiazole rings is 1. The zero-order chi connectivity index (χ0) is 21.4. The van der Waals surface area contributed by atoms with E-state index in [0.29, 0.717) is 18.0 Å². The van der Waals surface area contributed by atoms with Crippen molar-refractivity contribution >= 4 is 28.6 Å². The van der Waals surface area contributed by atoms with Crippen molar-refractivity contribution in [2.24, 2.45) is 10.1 Å². The summed E-state index contributed by atoms with van der Waals surface area (Å²) in [5.74, 6) is 0.524. The molecule has 7 heteroatoms. The monoisotopic (exact) mass is 430 g/mol. The van der Waals surface area contributed by atoms with Crippen molar-refractivity contribution < 1.29 is 9.53 Å². The molecule has 2 heterocycles. The van der Waals surface area contributed by atoms with Crippen molar-refractivity contribution in [3.63, 3.8) is 0 Å². The van der Waals surface area contributed by atoms with Gasteiger partial charge in [0, 0.05) is 16.5 Å². The highest BCUT2D eigenvalue weighted by molar-refractivity contribution is 7.07. The molecule has 1 aliphatic carbocycles. The van der Waals surface area contributed by atoms with E-state index in [1.54, 1.807) is 11.3 Å². The number of ether oxygens (including phenoxy) is 1. The number of nitrogens with zero attached hydrogens (tertiary/aromatic N) is 3. The number of nitrogens with one attached hydrogen (secondary N) is 1. The minimum Gasteiger partial charge on any atom is -0.482 e. The number of rotatable bonds is 4. The highest BCUT2D eigenvalue weighted by Crippen LogP contribution is 2.33. The Hall–Kier alpha value is -3.45. The van der Waals surface area contributed by atoms with Gasteiger partial charge in [-0.05, 0) is 43.5 Å². The van der Waals surface area contributed by atoms with Crippen molar-refractivity contribution in [1.29, 1.82) is 0 Å². The van der Waals surface area contributed by atoms with Crippen LogP contribution < -0.4 is 14.9 Å². The Labute approximate surface area is 184 Å². The van der Waals surface area contributed by atoms with E-state index < -0.39 is 0 Å². The van der Waals surface area contributed by atoms with E-state index in [0.717, 1.165) is 40.2 Å². The summed E-state index contributed by atoms with van der Waals surface area (Å²) in [5.41, 5.74) is 7.11. The van der Waals surface area contributed by atoms with Crippen molar-refractivity contribution in [2.75, 3.05) is 18.5 Å². The van der Waals surface area contributed by atoms with Gasteiger partial charge in [-0.1, -0.05) is 36.4 Å². The lowest BCUT2D eigenvalue weighted by atomic mass is 10.1. The molecule has 0 bridgehead atoms. The Morgan fingerprint density at radius 1 is 1.26 bits per heavy atom. The van der Waals surface area contributed by atoms with Crippen LogP contribution in [-0.2, 0) is 11.2 Å². The van der Waals surface area contributed by atoms with Gasteiger partial charge in [0.15, 0.2) is 6.61 Å². The Balaban J connectivity index is 1.64. The second kappa shape index (κ2) is 8.00. The molecular weight excluding hydrogens is 408 g/mol. The highest BCUT2D eigenvalue weighted by atomic mass is 32.1. The zero-order valence-electron chi connectivity index (χ0n) is 17.2. The third-order valence-electron chi connectivity index (χ3n) is 5.26. The second-order valence-electron chi connectivity index (χ2n) is 7.74. The van der Waals surface area contributed by atoms with Gasteiger partial charge in [-0.2, -0.15) is 5.10 Å². The van der Waals surface area contributed by atoms with E-state index in [2.05, 4.69) is 41.5 Å². The van der Waals surface area contributed by atoms with Crippen molar-refractivity contribution in [1.82, 2.24) is 4.68 Å². The molecule has 31 heavy (non-hydrogen) atoms. The van der Waals surface area contributed by atoms with Gasteiger partial charge in [0.25, 0.3) is 5.91 Å². The largest absolute Gasteiger partial charge is 0.482 e. The fraction of sp³-hybridized carbons (Fsp3) is 0.208. The predicted molar refractivity (Wildman–Crippen MR) is 124 cm³/mol. The SMILES string of the molecule is C=C(C)CN=c1scc(-c2ccc3c(c2)NC(=O)CO3)n1N=C1CCc2ccccc21. The van der Waals surface area contributed by atoms with Gasteiger partial charge < -0.3 is 10.1 Å². The van der Waals surface area contributed by atoms with Gasteiger partial charge >= 0.3 is 0 Å². The third-order valence-corrected chi connectivity index (χ3v) is 6.11. The number of amides is 1. The Bertz CT molecular complexity index is 1300. The number of carbonyl (C=O) groups is 1. The first kappa shape index (κ1) is 19.5. The molecule has 1 aliphatic heterocycles. The summed E-state index contributed by atoms with van der Waals surface area (Å²) in [6.45, 7) is 6.53. The van der Waals surface area contributed by atoms with Crippen LogP contribution in [0.3, 0.4) is 0 Å². The minimum atomic E-state index is -0.150. The van der Waals surface area contributed by atoms with Gasteiger partial charge in [-0.3, -0.25) is 9.79 Å². The van der Waals surface area contributed by atoms with E-state index in [4.69, 9.17) is 14.8 Å². The van der Waals surface area contributed by atoms with Crippen LogP contribution in [0, 0.1) is 0 Å². The van der Waals surface area contributed by atoms with Crippen LogP contribution in [0.4, 0.5) is 5.69 Å². The molecule has 1 aromatic heterocycles. The number of fused-ring (bicyclic) bond motifs is 2. The average Bonchev–Trinajstić information content (AvgIpc) is 3.36. The minimum absolute atomic E-state index is 0.0434. The number of benzene rings is 2. The predicted octanol–water partition coefficient (Wildman–Crippen LogP) is 4.22. The van der Waals surface area contributed by atoms with Crippen LogP contribution in [0.1, 0.15) is 24.5 Å².